The fourth-order valence-corrected chi connectivity index (χ4v) is 1.43. The molecule has 1 aromatic rings. The van der Waals surface area contributed by atoms with Crippen LogP contribution >= 0.6 is 0 Å². The van der Waals surface area contributed by atoms with Crippen LogP contribution in [0.4, 0.5) is 0 Å². The molecule has 0 atom stereocenters. The molecule has 0 bridgehead atoms. The van der Waals surface area contributed by atoms with Gasteiger partial charge in [-0.25, -0.2) is 4.99 Å². The number of guanidine groups is 1. The molecule has 1 aromatic carbocycles. The van der Waals surface area contributed by atoms with Crippen LogP contribution in [0.1, 0.15) is 25.0 Å². The summed E-state index contributed by atoms with van der Waals surface area (Å²) in [6.07, 6.45) is 0. The van der Waals surface area contributed by atoms with E-state index < -0.39 is 0 Å². The van der Waals surface area contributed by atoms with E-state index >= 15 is 0 Å². The summed E-state index contributed by atoms with van der Waals surface area (Å²) in [6, 6.07) is 8.20. The molecule has 0 unspecified atom stereocenters. The Kier molecular flexibility index (Phi) is 6.68. The average molecular weight is 261 g/mol. The van der Waals surface area contributed by atoms with Gasteiger partial charge < -0.3 is 15.8 Å². The Morgan fingerprint density at radius 1 is 1.32 bits per heavy atom. The number of ether oxygens (including phenoxy) is 1. The summed E-state index contributed by atoms with van der Waals surface area (Å²) in [5.41, 5.74) is 9.06. The van der Waals surface area contributed by atoms with Crippen LogP contribution in [0.25, 0.3) is 0 Å². The van der Waals surface area contributed by atoms with Crippen molar-refractivity contribution in [3.8, 4) is 0 Å². The summed E-state index contributed by atoms with van der Waals surface area (Å²) in [4.78, 5) is 4.27. The fraction of sp³-hybridized carbons (Fsp3) is 0.400. The van der Waals surface area contributed by atoms with Crippen molar-refractivity contribution in [1.82, 2.24) is 5.32 Å². The highest BCUT2D eigenvalue weighted by Gasteiger charge is 1.96. The smallest absolute Gasteiger partial charge is 0.189 e. The van der Waals surface area contributed by atoms with Gasteiger partial charge in [0.2, 0.25) is 0 Å². The molecular formula is C15H23N3O. The monoisotopic (exact) mass is 261 g/mol. The minimum atomic E-state index is 0.446. The van der Waals surface area contributed by atoms with Gasteiger partial charge in [0.1, 0.15) is 0 Å². The van der Waals surface area contributed by atoms with E-state index in [-0.39, 0.29) is 0 Å². The van der Waals surface area contributed by atoms with E-state index in [1.165, 1.54) is 5.56 Å². The molecule has 1 rings (SSSR count). The zero-order valence-corrected chi connectivity index (χ0v) is 11.8. The molecular weight excluding hydrogens is 238 g/mol. The van der Waals surface area contributed by atoms with Gasteiger partial charge in [-0.1, -0.05) is 36.4 Å². The van der Waals surface area contributed by atoms with Crippen molar-refractivity contribution in [3.05, 3.63) is 47.5 Å². The number of benzene rings is 1. The lowest BCUT2D eigenvalue weighted by molar-refractivity contribution is 0.134. The molecule has 4 heteroatoms. The molecule has 0 heterocycles. The molecule has 19 heavy (non-hydrogen) atoms. The summed E-state index contributed by atoms with van der Waals surface area (Å²) in [6.45, 7) is 10.3. The standard InChI is InChI=1S/C15H23N3O/c1-4-19-11-14-7-5-13(6-8-14)10-18-15(16)17-9-12(2)3/h5-8H,2,4,9-11H2,1,3H3,(H3,16,17,18). The third-order valence-electron chi connectivity index (χ3n) is 2.50. The first-order chi connectivity index (χ1) is 9.11. The topological polar surface area (TPSA) is 59.6 Å². The minimum absolute atomic E-state index is 0.446. The van der Waals surface area contributed by atoms with E-state index in [1.807, 2.05) is 26.0 Å². The second-order valence-electron chi connectivity index (χ2n) is 4.47. The van der Waals surface area contributed by atoms with Crippen molar-refractivity contribution in [2.45, 2.75) is 27.0 Å². The number of hydrogen-bond acceptors (Lipinski definition) is 2. The maximum Gasteiger partial charge on any atom is 0.189 e. The van der Waals surface area contributed by atoms with Crippen LogP contribution in [0.3, 0.4) is 0 Å². The maximum absolute atomic E-state index is 5.74. The van der Waals surface area contributed by atoms with Gasteiger partial charge in [-0.15, -0.1) is 0 Å². The predicted molar refractivity (Wildman–Crippen MR) is 79.9 cm³/mol. The van der Waals surface area contributed by atoms with Gasteiger partial charge in [0, 0.05) is 13.2 Å². The number of aliphatic imine (C=N–C) groups is 1. The Morgan fingerprint density at radius 3 is 2.53 bits per heavy atom. The van der Waals surface area contributed by atoms with E-state index in [1.54, 1.807) is 0 Å². The Morgan fingerprint density at radius 2 is 1.95 bits per heavy atom. The molecule has 0 saturated carbocycles. The largest absolute Gasteiger partial charge is 0.377 e. The van der Waals surface area contributed by atoms with Crippen LogP contribution in [0.15, 0.2) is 41.4 Å². The third-order valence-corrected chi connectivity index (χ3v) is 2.50. The van der Waals surface area contributed by atoms with Crippen LogP contribution in [-0.4, -0.2) is 19.1 Å². The maximum atomic E-state index is 5.74. The Labute approximate surface area is 115 Å². The Hall–Kier alpha value is -1.81. The van der Waals surface area contributed by atoms with Crippen molar-refractivity contribution in [3.63, 3.8) is 0 Å². The molecule has 0 amide bonds. The van der Waals surface area contributed by atoms with Gasteiger partial charge >= 0.3 is 0 Å². The fourth-order valence-electron chi connectivity index (χ4n) is 1.43. The van der Waals surface area contributed by atoms with Gasteiger partial charge in [0.05, 0.1) is 13.2 Å². The highest BCUT2D eigenvalue weighted by molar-refractivity contribution is 5.78. The molecule has 4 nitrogen and oxygen atoms in total. The lowest BCUT2D eigenvalue weighted by atomic mass is 10.1. The van der Waals surface area contributed by atoms with E-state index in [4.69, 9.17) is 10.5 Å². The first-order valence-electron chi connectivity index (χ1n) is 6.45. The van der Waals surface area contributed by atoms with Crippen LogP contribution in [-0.2, 0) is 17.9 Å². The van der Waals surface area contributed by atoms with Crippen LogP contribution < -0.4 is 11.1 Å². The lowest BCUT2D eigenvalue weighted by Crippen LogP contribution is -2.32. The molecule has 3 N–H and O–H groups in total. The summed E-state index contributed by atoms with van der Waals surface area (Å²) in [7, 11) is 0. The zero-order chi connectivity index (χ0) is 14.1. The first-order valence-corrected chi connectivity index (χ1v) is 6.45. The van der Waals surface area contributed by atoms with Gasteiger partial charge in [-0.3, -0.25) is 0 Å². The Balaban J connectivity index is 2.44. The van der Waals surface area contributed by atoms with Gasteiger partial charge in [-0.05, 0) is 25.0 Å². The minimum Gasteiger partial charge on any atom is -0.377 e. The quantitative estimate of drug-likeness (QED) is 0.449. The van der Waals surface area contributed by atoms with Crippen molar-refractivity contribution < 1.29 is 4.74 Å². The van der Waals surface area contributed by atoms with Crippen molar-refractivity contribution in [2.75, 3.05) is 13.2 Å². The zero-order valence-electron chi connectivity index (χ0n) is 11.8. The SMILES string of the molecule is C=C(C)CNC(N)=NCc1ccc(COCC)cc1. The number of nitrogens with one attached hydrogen (secondary N) is 1. The molecule has 0 radical (unpaired) electrons. The average Bonchev–Trinajstić information content (AvgIpc) is 2.41. The Bertz CT molecular complexity index is 424. The van der Waals surface area contributed by atoms with E-state index in [9.17, 15) is 0 Å². The van der Waals surface area contributed by atoms with E-state index in [0.29, 0.717) is 25.7 Å². The van der Waals surface area contributed by atoms with Gasteiger partial charge in [0.15, 0.2) is 5.96 Å². The highest BCUT2D eigenvalue weighted by Crippen LogP contribution is 2.06. The van der Waals surface area contributed by atoms with Crippen LogP contribution in [0.5, 0.6) is 0 Å². The molecule has 0 aromatic heterocycles. The highest BCUT2D eigenvalue weighted by atomic mass is 16.5. The first kappa shape index (κ1) is 15.2. The molecule has 0 spiro atoms. The van der Waals surface area contributed by atoms with E-state index in [0.717, 1.165) is 17.7 Å². The van der Waals surface area contributed by atoms with E-state index in [2.05, 4.69) is 29.0 Å². The van der Waals surface area contributed by atoms with Gasteiger partial charge in [-0.2, -0.15) is 0 Å². The second kappa shape index (κ2) is 8.32. The van der Waals surface area contributed by atoms with Gasteiger partial charge in [0.25, 0.3) is 0 Å². The number of rotatable bonds is 7. The summed E-state index contributed by atoms with van der Waals surface area (Å²) in [5, 5.41) is 3.00. The summed E-state index contributed by atoms with van der Waals surface area (Å²) < 4.78 is 5.35. The van der Waals surface area contributed by atoms with Crippen molar-refractivity contribution >= 4 is 5.96 Å². The van der Waals surface area contributed by atoms with Crippen molar-refractivity contribution in [2.24, 2.45) is 10.7 Å². The van der Waals surface area contributed by atoms with Crippen molar-refractivity contribution in [1.29, 1.82) is 0 Å². The number of nitrogens with two attached hydrogens (primary N) is 1. The number of nitrogens with zero attached hydrogens (tertiary/aromatic N) is 1. The molecule has 0 fully saturated rings. The lowest BCUT2D eigenvalue weighted by Gasteiger charge is -2.05. The molecule has 0 aliphatic carbocycles. The summed E-state index contributed by atoms with van der Waals surface area (Å²) >= 11 is 0. The number of hydrogen-bond donors (Lipinski definition) is 2. The predicted octanol–water partition coefficient (Wildman–Crippen LogP) is 2.20. The van der Waals surface area contributed by atoms with Crippen LogP contribution in [0, 0.1) is 0 Å². The molecule has 0 aliphatic heterocycles. The second-order valence-corrected chi connectivity index (χ2v) is 4.47. The molecule has 0 aliphatic rings. The molecule has 0 saturated heterocycles. The third kappa shape index (κ3) is 6.62. The normalized spacial score (nSPS) is 11.4. The van der Waals surface area contributed by atoms with Crippen LogP contribution in [0.2, 0.25) is 0 Å². The molecule has 104 valence electrons. The summed E-state index contributed by atoms with van der Waals surface area (Å²) in [5.74, 6) is 0.446.